The van der Waals surface area contributed by atoms with E-state index in [2.05, 4.69) is 45.0 Å². The molecule has 0 spiro atoms. The van der Waals surface area contributed by atoms with E-state index in [0.29, 0.717) is 10.8 Å². The van der Waals surface area contributed by atoms with E-state index in [1.54, 1.807) is 5.56 Å². The van der Waals surface area contributed by atoms with Crippen LogP contribution in [0.5, 0.6) is 0 Å². The Balaban J connectivity index is 1.99. The van der Waals surface area contributed by atoms with Gasteiger partial charge in [-0.25, -0.2) is 0 Å². The molecule has 1 fully saturated rings. The Labute approximate surface area is 175 Å². The van der Waals surface area contributed by atoms with Gasteiger partial charge in [0.1, 0.15) is 0 Å². The van der Waals surface area contributed by atoms with Crippen molar-refractivity contribution in [3.8, 4) is 0 Å². The van der Waals surface area contributed by atoms with Gasteiger partial charge in [-0.15, -0.1) is 0 Å². The summed E-state index contributed by atoms with van der Waals surface area (Å²) in [5, 5.41) is 0. The first-order valence-corrected chi connectivity index (χ1v) is 12.4. The van der Waals surface area contributed by atoms with E-state index in [4.69, 9.17) is 5.73 Å². The summed E-state index contributed by atoms with van der Waals surface area (Å²) in [7, 11) is 0. The summed E-state index contributed by atoms with van der Waals surface area (Å²) in [4.78, 5) is 0. The molecule has 0 aromatic heterocycles. The first-order chi connectivity index (χ1) is 13.6. The molecular formula is C27H47N. The minimum Gasteiger partial charge on any atom is -0.330 e. The average Bonchev–Trinajstić information content (AvgIpc) is 3.50. The topological polar surface area (TPSA) is 26.0 Å². The molecule has 2 rings (SSSR count). The van der Waals surface area contributed by atoms with Crippen LogP contribution in [0.2, 0.25) is 0 Å². The van der Waals surface area contributed by atoms with Gasteiger partial charge in [-0.05, 0) is 67.0 Å². The Hall–Kier alpha value is -0.820. The van der Waals surface area contributed by atoms with Crippen LogP contribution in [0.3, 0.4) is 0 Å². The summed E-state index contributed by atoms with van der Waals surface area (Å²) in [6.07, 6.45) is 20.2. The highest BCUT2D eigenvalue weighted by Gasteiger charge is 2.40. The van der Waals surface area contributed by atoms with Gasteiger partial charge in [-0.3, -0.25) is 0 Å². The first kappa shape index (κ1) is 23.5. The molecule has 160 valence electrons. The maximum atomic E-state index is 6.00. The van der Waals surface area contributed by atoms with E-state index >= 15 is 0 Å². The molecule has 0 heterocycles. The summed E-state index contributed by atoms with van der Waals surface area (Å²) in [5.41, 5.74) is 9.96. The van der Waals surface area contributed by atoms with E-state index in [0.717, 1.165) is 6.54 Å². The fourth-order valence-electron chi connectivity index (χ4n) is 4.72. The third kappa shape index (κ3) is 7.54. The van der Waals surface area contributed by atoms with Crippen LogP contribution >= 0.6 is 0 Å². The smallest absolute Gasteiger partial charge is 0.00204 e. The van der Waals surface area contributed by atoms with Gasteiger partial charge in [-0.2, -0.15) is 0 Å². The zero-order valence-corrected chi connectivity index (χ0v) is 19.2. The van der Waals surface area contributed by atoms with Gasteiger partial charge in [0.2, 0.25) is 0 Å². The van der Waals surface area contributed by atoms with Crippen molar-refractivity contribution in [3.05, 3.63) is 35.4 Å². The molecule has 0 saturated heterocycles. The fraction of sp³-hybridized carbons (Fsp3) is 0.778. The lowest BCUT2D eigenvalue weighted by molar-refractivity contribution is 0.363. The quantitative estimate of drug-likeness (QED) is 0.287. The van der Waals surface area contributed by atoms with Crippen molar-refractivity contribution in [2.75, 3.05) is 6.54 Å². The van der Waals surface area contributed by atoms with Crippen molar-refractivity contribution in [1.82, 2.24) is 0 Å². The number of hydrogen-bond acceptors (Lipinski definition) is 1. The van der Waals surface area contributed by atoms with Crippen LogP contribution in [0.1, 0.15) is 122 Å². The van der Waals surface area contributed by atoms with Gasteiger partial charge >= 0.3 is 0 Å². The lowest BCUT2D eigenvalue weighted by atomic mass is 9.73. The number of nitrogens with two attached hydrogens (primary N) is 1. The van der Waals surface area contributed by atoms with Crippen molar-refractivity contribution in [3.63, 3.8) is 0 Å². The van der Waals surface area contributed by atoms with E-state index in [1.807, 2.05) is 0 Å². The Morgan fingerprint density at radius 2 is 1.50 bits per heavy atom. The summed E-state index contributed by atoms with van der Waals surface area (Å²) in [5.74, 6) is 0. The SMILES string of the molecule is CCCCCCCC(C)(CCCCCC)c1cccc(CCC2(CN)CC2)c1. The van der Waals surface area contributed by atoms with E-state index in [9.17, 15) is 0 Å². The Kier molecular flexibility index (Phi) is 10.1. The second-order valence-electron chi connectivity index (χ2n) is 9.94. The summed E-state index contributed by atoms with van der Waals surface area (Å²) < 4.78 is 0. The van der Waals surface area contributed by atoms with E-state index in [-0.39, 0.29) is 0 Å². The van der Waals surface area contributed by atoms with Crippen LogP contribution in [0.15, 0.2) is 24.3 Å². The van der Waals surface area contributed by atoms with Crippen molar-refractivity contribution >= 4 is 0 Å². The Morgan fingerprint density at radius 3 is 2.07 bits per heavy atom. The molecule has 0 bridgehead atoms. The number of unbranched alkanes of at least 4 members (excludes halogenated alkanes) is 7. The van der Waals surface area contributed by atoms with Gasteiger partial charge in [0.25, 0.3) is 0 Å². The van der Waals surface area contributed by atoms with Crippen LogP contribution in [0.4, 0.5) is 0 Å². The van der Waals surface area contributed by atoms with Crippen molar-refractivity contribution in [2.45, 2.75) is 122 Å². The maximum absolute atomic E-state index is 6.00. The van der Waals surface area contributed by atoms with Crippen molar-refractivity contribution in [1.29, 1.82) is 0 Å². The predicted octanol–water partition coefficient (Wildman–Crippen LogP) is 7.95. The lowest BCUT2D eigenvalue weighted by Crippen LogP contribution is -2.22. The minimum atomic E-state index is 0.348. The second-order valence-corrected chi connectivity index (χ2v) is 9.94. The molecule has 1 aromatic carbocycles. The maximum Gasteiger partial charge on any atom is -0.00204 e. The Morgan fingerprint density at radius 1 is 0.893 bits per heavy atom. The monoisotopic (exact) mass is 385 g/mol. The number of rotatable bonds is 16. The molecule has 1 nitrogen and oxygen atoms in total. The third-order valence-corrected chi connectivity index (χ3v) is 7.37. The van der Waals surface area contributed by atoms with Crippen LogP contribution in [-0.2, 0) is 11.8 Å². The molecule has 1 unspecified atom stereocenters. The predicted molar refractivity (Wildman–Crippen MR) is 125 cm³/mol. The van der Waals surface area contributed by atoms with Crippen LogP contribution in [-0.4, -0.2) is 6.54 Å². The molecule has 0 aliphatic heterocycles. The molecule has 1 aliphatic rings. The average molecular weight is 386 g/mol. The highest BCUT2D eigenvalue weighted by Crippen LogP contribution is 2.48. The standard InChI is InChI=1S/C27H47N/c1-4-6-8-10-12-18-26(3,17-11-9-7-5-2)25-15-13-14-24(22-25)16-19-27(23-28)20-21-27/h13-15,22H,4-12,16-21,23,28H2,1-3H3. The van der Waals surface area contributed by atoms with Crippen molar-refractivity contribution < 1.29 is 0 Å². The van der Waals surface area contributed by atoms with E-state index in [1.165, 1.54) is 102 Å². The van der Waals surface area contributed by atoms with Gasteiger partial charge in [0.05, 0.1) is 0 Å². The number of benzene rings is 1. The largest absolute Gasteiger partial charge is 0.330 e. The molecule has 0 amide bonds. The molecule has 1 aromatic rings. The van der Waals surface area contributed by atoms with Gasteiger partial charge in [0, 0.05) is 0 Å². The summed E-state index contributed by atoms with van der Waals surface area (Å²) in [6, 6.07) is 9.60. The zero-order chi connectivity index (χ0) is 20.3. The normalized spacial score (nSPS) is 17.4. The minimum absolute atomic E-state index is 0.348. The third-order valence-electron chi connectivity index (χ3n) is 7.37. The highest BCUT2D eigenvalue weighted by molar-refractivity contribution is 5.30. The van der Waals surface area contributed by atoms with Gasteiger partial charge in [-0.1, -0.05) is 103 Å². The molecular weight excluding hydrogens is 338 g/mol. The molecule has 1 aliphatic carbocycles. The fourth-order valence-corrected chi connectivity index (χ4v) is 4.72. The molecule has 2 N–H and O–H groups in total. The lowest BCUT2D eigenvalue weighted by Gasteiger charge is -2.31. The summed E-state index contributed by atoms with van der Waals surface area (Å²) >= 11 is 0. The highest BCUT2D eigenvalue weighted by atomic mass is 14.6. The van der Waals surface area contributed by atoms with E-state index < -0.39 is 0 Å². The molecule has 1 heteroatoms. The van der Waals surface area contributed by atoms with Gasteiger partial charge < -0.3 is 5.73 Å². The molecule has 0 radical (unpaired) electrons. The van der Waals surface area contributed by atoms with Crippen LogP contribution < -0.4 is 5.73 Å². The van der Waals surface area contributed by atoms with Crippen molar-refractivity contribution in [2.24, 2.45) is 11.1 Å². The number of aryl methyl sites for hydroxylation is 1. The molecule has 1 saturated carbocycles. The Bertz CT molecular complexity index is 545. The van der Waals surface area contributed by atoms with Gasteiger partial charge in [0.15, 0.2) is 0 Å². The van der Waals surface area contributed by atoms with Crippen LogP contribution in [0, 0.1) is 5.41 Å². The van der Waals surface area contributed by atoms with Crippen LogP contribution in [0.25, 0.3) is 0 Å². The second kappa shape index (κ2) is 12.0. The molecule has 28 heavy (non-hydrogen) atoms. The summed E-state index contributed by atoms with van der Waals surface area (Å²) in [6.45, 7) is 8.03. The first-order valence-electron chi connectivity index (χ1n) is 12.4. The number of hydrogen-bond donors (Lipinski definition) is 1. The molecule has 1 atom stereocenters. The zero-order valence-electron chi connectivity index (χ0n) is 19.2.